The first-order valence-electron chi connectivity index (χ1n) is 3.05. The van der Waals surface area contributed by atoms with Crippen LogP contribution in [-0.2, 0) is 0 Å². The molecule has 0 saturated carbocycles. The number of carboxylic acid groups (broad SMARTS) is 1. The van der Waals surface area contributed by atoms with Gasteiger partial charge in [0.25, 0.3) is 5.56 Å². The fourth-order valence-corrected chi connectivity index (χ4v) is 0.718. The molecule has 0 radical (unpaired) electrons. The second-order valence-corrected chi connectivity index (χ2v) is 2.06. The zero-order valence-electron chi connectivity index (χ0n) is 5.87. The van der Waals surface area contributed by atoms with Crippen LogP contribution < -0.4 is 10.7 Å². The number of carboxylic acids is 1. The zero-order valence-corrected chi connectivity index (χ0v) is 5.87. The fraction of sp³-hybridized carbons (Fsp3) is 0. The van der Waals surface area contributed by atoms with Crippen molar-refractivity contribution in [2.24, 2.45) is 0 Å². The summed E-state index contributed by atoms with van der Waals surface area (Å²) in [5, 5.41) is 10.2. The normalized spacial score (nSPS) is 9.33. The maximum atomic E-state index is 10.8. The Hall–Kier alpha value is -1.91. The highest BCUT2D eigenvalue weighted by Gasteiger charge is 1.99. The lowest BCUT2D eigenvalue weighted by molar-refractivity contribution is -0.255. The molecule has 1 N–H and O–H groups in total. The van der Waals surface area contributed by atoms with Crippen molar-refractivity contribution in [1.29, 1.82) is 0 Å². The van der Waals surface area contributed by atoms with Gasteiger partial charge in [0.1, 0.15) is 0 Å². The summed E-state index contributed by atoms with van der Waals surface area (Å²) in [5.74, 6) is -1.56. The molecule has 0 aliphatic heterocycles. The molecule has 0 aliphatic carbocycles. The highest BCUT2D eigenvalue weighted by atomic mass is 16.4. The van der Waals surface area contributed by atoms with E-state index < -0.39 is 17.1 Å². The summed E-state index contributed by atoms with van der Waals surface area (Å²) in [6, 6.07) is 2.22. The number of H-pyrrole nitrogens is 1. The Morgan fingerprint density at radius 1 is 1.50 bits per heavy atom. The Morgan fingerprint density at radius 2 is 2.17 bits per heavy atom. The molecule has 0 amide bonds. The smallest absolute Gasteiger partial charge is 0.257 e. The molecule has 0 fully saturated rings. The number of aldehydes is 1. The molecule has 1 aromatic heterocycles. The first kappa shape index (κ1) is 8.19. The van der Waals surface area contributed by atoms with E-state index in [0.717, 1.165) is 6.07 Å². The molecule has 1 rings (SSSR count). The van der Waals surface area contributed by atoms with Crippen LogP contribution >= 0.6 is 0 Å². The van der Waals surface area contributed by atoms with Crippen LogP contribution in [0.25, 0.3) is 0 Å². The molecule has 0 aliphatic rings. The number of nitrogens with one attached hydrogen (secondary N) is 1. The number of pyridine rings is 1. The van der Waals surface area contributed by atoms with Crippen molar-refractivity contribution in [1.82, 2.24) is 4.98 Å². The first-order valence-corrected chi connectivity index (χ1v) is 3.05. The molecule has 62 valence electrons. The number of carbonyl (C=O) groups is 2. The molecule has 0 saturated heterocycles. The predicted molar refractivity (Wildman–Crippen MR) is 36.8 cm³/mol. The van der Waals surface area contributed by atoms with E-state index in [2.05, 4.69) is 4.98 Å². The number of carbonyl (C=O) groups excluding carboxylic acids is 2. The molecule has 0 bridgehead atoms. The predicted octanol–water partition coefficient (Wildman–Crippen LogP) is -1.45. The summed E-state index contributed by atoms with van der Waals surface area (Å²) in [6.07, 6.45) is 0.417. The SMILES string of the molecule is O=Cc1ccc(C(=O)[O-])c(=O)[nH]1. The third-order valence-electron chi connectivity index (χ3n) is 1.28. The van der Waals surface area contributed by atoms with E-state index in [0.29, 0.717) is 6.29 Å². The maximum absolute atomic E-state index is 10.8. The molecule has 0 atom stereocenters. The standard InChI is InChI=1S/C7H5NO4/c9-3-4-1-2-5(7(11)12)6(10)8-4/h1-3H,(H,8,10)(H,11,12)/p-1. The van der Waals surface area contributed by atoms with Crippen molar-refractivity contribution < 1.29 is 14.7 Å². The van der Waals surface area contributed by atoms with E-state index in [-0.39, 0.29) is 5.69 Å². The number of hydrogen-bond donors (Lipinski definition) is 1. The van der Waals surface area contributed by atoms with Crippen LogP contribution in [0.2, 0.25) is 0 Å². The molecule has 5 nitrogen and oxygen atoms in total. The topological polar surface area (TPSA) is 90.1 Å². The summed E-state index contributed by atoms with van der Waals surface area (Å²) in [7, 11) is 0. The molecule has 0 spiro atoms. The van der Waals surface area contributed by atoms with Crippen LogP contribution in [-0.4, -0.2) is 17.2 Å². The van der Waals surface area contributed by atoms with Gasteiger partial charge < -0.3 is 14.9 Å². The van der Waals surface area contributed by atoms with E-state index >= 15 is 0 Å². The van der Waals surface area contributed by atoms with Gasteiger partial charge in [0.05, 0.1) is 17.2 Å². The molecule has 0 unspecified atom stereocenters. The lowest BCUT2D eigenvalue weighted by Crippen LogP contribution is -2.30. The van der Waals surface area contributed by atoms with E-state index in [1.165, 1.54) is 6.07 Å². The minimum atomic E-state index is -1.56. The highest BCUT2D eigenvalue weighted by molar-refractivity contribution is 5.85. The Balaban J connectivity index is 3.30. The maximum Gasteiger partial charge on any atom is 0.257 e. The Bertz CT molecular complexity index is 379. The Morgan fingerprint density at radius 3 is 2.58 bits per heavy atom. The molecule has 1 aromatic rings. The molecule has 1 heterocycles. The molecule has 0 aromatic carbocycles. The third-order valence-corrected chi connectivity index (χ3v) is 1.28. The second-order valence-electron chi connectivity index (χ2n) is 2.06. The Labute approximate surface area is 66.7 Å². The van der Waals surface area contributed by atoms with Crippen LogP contribution in [0.15, 0.2) is 16.9 Å². The number of hydrogen-bond acceptors (Lipinski definition) is 4. The molecule has 12 heavy (non-hydrogen) atoms. The van der Waals surface area contributed by atoms with Crippen molar-refractivity contribution >= 4 is 12.3 Å². The van der Waals surface area contributed by atoms with Gasteiger partial charge in [-0.15, -0.1) is 0 Å². The Kier molecular flexibility index (Phi) is 2.05. The van der Waals surface area contributed by atoms with E-state index in [1.54, 1.807) is 0 Å². The zero-order chi connectivity index (χ0) is 9.14. The average Bonchev–Trinajstić information content (AvgIpc) is 2.03. The van der Waals surface area contributed by atoms with E-state index in [4.69, 9.17) is 0 Å². The monoisotopic (exact) mass is 166 g/mol. The quantitative estimate of drug-likeness (QED) is 0.544. The van der Waals surface area contributed by atoms with Gasteiger partial charge in [-0.3, -0.25) is 9.59 Å². The lowest BCUT2D eigenvalue weighted by atomic mass is 10.2. The van der Waals surface area contributed by atoms with Gasteiger partial charge in [0.2, 0.25) is 0 Å². The van der Waals surface area contributed by atoms with Crippen LogP contribution in [0, 0.1) is 0 Å². The van der Waals surface area contributed by atoms with Gasteiger partial charge in [-0.2, -0.15) is 0 Å². The molecule has 5 heteroatoms. The second kappa shape index (κ2) is 3.00. The third kappa shape index (κ3) is 1.39. The summed E-state index contributed by atoms with van der Waals surface area (Å²) in [6.45, 7) is 0. The van der Waals surface area contributed by atoms with Gasteiger partial charge in [-0.1, -0.05) is 0 Å². The van der Waals surface area contributed by atoms with Gasteiger partial charge in [0.15, 0.2) is 6.29 Å². The van der Waals surface area contributed by atoms with Gasteiger partial charge in [0, 0.05) is 0 Å². The van der Waals surface area contributed by atoms with Crippen molar-refractivity contribution in [2.45, 2.75) is 0 Å². The van der Waals surface area contributed by atoms with Crippen molar-refractivity contribution in [3.05, 3.63) is 33.7 Å². The number of aromatic carboxylic acids is 1. The largest absolute Gasteiger partial charge is 0.545 e. The van der Waals surface area contributed by atoms with Gasteiger partial charge in [-0.25, -0.2) is 0 Å². The first-order chi connectivity index (χ1) is 5.65. The summed E-state index contributed by atoms with van der Waals surface area (Å²) < 4.78 is 0. The average molecular weight is 166 g/mol. The van der Waals surface area contributed by atoms with Crippen LogP contribution in [0.4, 0.5) is 0 Å². The fourth-order valence-electron chi connectivity index (χ4n) is 0.718. The van der Waals surface area contributed by atoms with Crippen molar-refractivity contribution in [3.63, 3.8) is 0 Å². The van der Waals surface area contributed by atoms with Crippen LogP contribution in [0.3, 0.4) is 0 Å². The van der Waals surface area contributed by atoms with Crippen LogP contribution in [0.5, 0.6) is 0 Å². The summed E-state index contributed by atoms with van der Waals surface area (Å²) >= 11 is 0. The number of aromatic nitrogens is 1. The minimum Gasteiger partial charge on any atom is -0.545 e. The van der Waals surface area contributed by atoms with Gasteiger partial charge >= 0.3 is 0 Å². The number of aromatic amines is 1. The minimum absolute atomic E-state index is 0.0324. The van der Waals surface area contributed by atoms with Gasteiger partial charge in [-0.05, 0) is 12.1 Å². The number of rotatable bonds is 2. The molecular formula is C7H4NO4-. The molecular weight excluding hydrogens is 162 g/mol. The van der Waals surface area contributed by atoms with E-state index in [1.807, 2.05) is 0 Å². The van der Waals surface area contributed by atoms with E-state index in [9.17, 15) is 19.5 Å². The van der Waals surface area contributed by atoms with Crippen LogP contribution in [0.1, 0.15) is 20.8 Å². The van der Waals surface area contributed by atoms with Crippen molar-refractivity contribution in [2.75, 3.05) is 0 Å². The van der Waals surface area contributed by atoms with Crippen molar-refractivity contribution in [3.8, 4) is 0 Å². The summed E-state index contributed by atoms with van der Waals surface area (Å²) in [5.41, 5.74) is -1.29. The summed E-state index contributed by atoms with van der Waals surface area (Å²) in [4.78, 5) is 33.2. The lowest BCUT2D eigenvalue weighted by Gasteiger charge is -1.99. The highest BCUT2D eigenvalue weighted by Crippen LogP contribution is 1.90.